The van der Waals surface area contributed by atoms with Crippen molar-refractivity contribution in [1.29, 1.82) is 0 Å². The predicted molar refractivity (Wildman–Crippen MR) is 77.3 cm³/mol. The van der Waals surface area contributed by atoms with Crippen molar-refractivity contribution in [1.82, 2.24) is 0 Å². The van der Waals surface area contributed by atoms with E-state index in [4.69, 9.17) is 0 Å². The Hall–Kier alpha value is 0.910. The van der Waals surface area contributed by atoms with Gasteiger partial charge in [-0.2, -0.15) is 8.78 Å². The van der Waals surface area contributed by atoms with Gasteiger partial charge in [0.2, 0.25) is 0 Å². The van der Waals surface area contributed by atoms with Crippen LogP contribution in [-0.2, 0) is 0 Å². The number of hydrogen-bond donors (Lipinski definition) is 1. The Morgan fingerprint density at radius 3 is 2.24 bits per heavy atom. The maximum absolute atomic E-state index is 13.6. The minimum Gasteiger partial charge on any atom is -0.194 e. The van der Waals surface area contributed by atoms with Gasteiger partial charge in [0.25, 0.3) is 5.25 Å². The molecule has 17 heavy (non-hydrogen) atoms. The van der Waals surface area contributed by atoms with Crippen LogP contribution >= 0.6 is 36.2 Å². The van der Waals surface area contributed by atoms with Crippen LogP contribution in [-0.4, -0.2) is 21.3 Å². The minimum absolute atomic E-state index is 0.200. The molecule has 2 rings (SSSR count). The molecular weight excluding hydrogens is 278 g/mol. The standard InChI is InChI=1S/C12H20F2S3/c13-12(14,15)10(9-4-1-2-5-9)8-11-16-6-3-7-17-11/h9-11,15H,1-8H2. The van der Waals surface area contributed by atoms with Gasteiger partial charge in [-0.25, -0.2) is 0 Å². The normalized spacial score (nSPS) is 26.3. The van der Waals surface area contributed by atoms with Gasteiger partial charge in [0.15, 0.2) is 0 Å². The van der Waals surface area contributed by atoms with Crippen LogP contribution in [0.25, 0.3) is 0 Å². The zero-order valence-electron chi connectivity index (χ0n) is 9.91. The maximum atomic E-state index is 13.6. The molecule has 2 aliphatic rings. The third-order valence-corrected chi connectivity index (χ3v) is 7.08. The number of thioether (sulfide) groups is 2. The lowest BCUT2D eigenvalue weighted by Gasteiger charge is -2.32. The lowest BCUT2D eigenvalue weighted by molar-refractivity contribution is 0.00839. The summed E-state index contributed by atoms with van der Waals surface area (Å²) < 4.78 is 27.6. The third-order valence-electron chi connectivity index (χ3n) is 3.76. The van der Waals surface area contributed by atoms with Crippen molar-refractivity contribution in [3.8, 4) is 0 Å². The topological polar surface area (TPSA) is 0 Å². The molecule has 100 valence electrons. The summed E-state index contributed by atoms with van der Waals surface area (Å²) in [6, 6.07) is 0. The highest BCUT2D eigenvalue weighted by molar-refractivity contribution is 8.17. The predicted octanol–water partition coefficient (Wildman–Crippen LogP) is 4.90. The van der Waals surface area contributed by atoms with Gasteiger partial charge in [0.05, 0.1) is 4.58 Å². The van der Waals surface area contributed by atoms with Crippen LogP contribution in [0, 0.1) is 11.8 Å². The van der Waals surface area contributed by atoms with Crippen LogP contribution in [0.4, 0.5) is 8.78 Å². The highest BCUT2D eigenvalue weighted by Crippen LogP contribution is 2.47. The maximum Gasteiger partial charge on any atom is 0.294 e. The summed E-state index contributed by atoms with van der Waals surface area (Å²) in [5.41, 5.74) is 0. The molecule has 2 fully saturated rings. The van der Waals surface area contributed by atoms with Gasteiger partial charge in [-0.05, 0) is 43.1 Å². The smallest absolute Gasteiger partial charge is 0.194 e. The van der Waals surface area contributed by atoms with Crippen molar-refractivity contribution < 1.29 is 8.78 Å². The second-order valence-corrected chi connectivity index (χ2v) is 8.52. The molecule has 1 saturated carbocycles. The average Bonchev–Trinajstić information content (AvgIpc) is 2.79. The van der Waals surface area contributed by atoms with Crippen LogP contribution in [0.2, 0.25) is 0 Å². The first-order chi connectivity index (χ1) is 8.07. The van der Waals surface area contributed by atoms with Gasteiger partial charge in [-0.1, -0.05) is 12.8 Å². The number of hydrogen-bond acceptors (Lipinski definition) is 3. The molecule has 1 saturated heterocycles. The SMILES string of the molecule is FC(F)(S)C(CC1SCCCS1)C1CCCC1. The lowest BCUT2D eigenvalue weighted by Crippen LogP contribution is -2.31. The fourth-order valence-corrected chi connectivity index (χ4v) is 6.15. The Labute approximate surface area is 116 Å². The van der Waals surface area contributed by atoms with Crippen molar-refractivity contribution in [2.75, 3.05) is 11.5 Å². The first-order valence-electron chi connectivity index (χ1n) is 6.41. The fourth-order valence-electron chi connectivity index (χ4n) is 2.86. The van der Waals surface area contributed by atoms with E-state index in [-0.39, 0.29) is 5.92 Å². The summed E-state index contributed by atoms with van der Waals surface area (Å²) >= 11 is 7.30. The highest BCUT2D eigenvalue weighted by atomic mass is 32.2. The number of alkyl halides is 2. The molecular formula is C12H20F2S3. The molecule has 1 aliphatic heterocycles. The van der Waals surface area contributed by atoms with Crippen LogP contribution in [0.5, 0.6) is 0 Å². The third kappa shape index (κ3) is 4.20. The minimum atomic E-state index is -2.80. The van der Waals surface area contributed by atoms with Gasteiger partial charge in [-0.3, -0.25) is 0 Å². The monoisotopic (exact) mass is 298 g/mol. The van der Waals surface area contributed by atoms with Crippen LogP contribution < -0.4 is 0 Å². The summed E-state index contributed by atoms with van der Waals surface area (Å²) in [6.07, 6.45) is 6.05. The number of halogens is 2. The summed E-state index contributed by atoms with van der Waals surface area (Å²) in [7, 11) is 0. The van der Waals surface area contributed by atoms with E-state index in [0.29, 0.717) is 11.0 Å². The van der Waals surface area contributed by atoms with Gasteiger partial charge in [0.1, 0.15) is 0 Å². The molecule has 0 N–H and O–H groups in total. The van der Waals surface area contributed by atoms with Gasteiger partial charge in [0, 0.05) is 5.92 Å². The summed E-state index contributed by atoms with van der Waals surface area (Å²) in [5.74, 6) is 1.95. The molecule has 0 spiro atoms. The van der Waals surface area contributed by atoms with E-state index in [9.17, 15) is 8.78 Å². The highest BCUT2D eigenvalue weighted by Gasteiger charge is 2.43. The molecule has 1 aliphatic carbocycles. The Kier molecular flexibility index (Phi) is 5.37. The molecule has 1 unspecified atom stereocenters. The zero-order valence-corrected chi connectivity index (χ0v) is 12.4. The zero-order chi connectivity index (χ0) is 12.3. The van der Waals surface area contributed by atoms with Crippen molar-refractivity contribution in [2.45, 2.75) is 48.4 Å². The van der Waals surface area contributed by atoms with Crippen molar-refractivity contribution in [3.63, 3.8) is 0 Å². The Balaban J connectivity index is 1.94. The molecule has 0 nitrogen and oxygen atoms in total. The quantitative estimate of drug-likeness (QED) is 0.733. The van der Waals surface area contributed by atoms with E-state index in [1.54, 1.807) is 0 Å². The first-order valence-corrected chi connectivity index (χ1v) is 8.95. The van der Waals surface area contributed by atoms with E-state index in [0.717, 1.165) is 37.2 Å². The molecule has 0 aromatic carbocycles. The van der Waals surface area contributed by atoms with Crippen LogP contribution in [0.1, 0.15) is 38.5 Å². The van der Waals surface area contributed by atoms with E-state index < -0.39 is 11.2 Å². The number of rotatable bonds is 4. The Morgan fingerprint density at radius 2 is 1.71 bits per heavy atom. The summed E-state index contributed by atoms with van der Waals surface area (Å²) in [5, 5.41) is -2.80. The average molecular weight is 298 g/mol. The largest absolute Gasteiger partial charge is 0.294 e. The van der Waals surface area contributed by atoms with Crippen LogP contribution in [0.15, 0.2) is 0 Å². The summed E-state index contributed by atoms with van der Waals surface area (Å²) in [6.45, 7) is 0. The Bertz CT molecular complexity index is 230. The second-order valence-electron chi connectivity index (χ2n) is 5.00. The van der Waals surface area contributed by atoms with E-state index >= 15 is 0 Å². The molecule has 5 heteroatoms. The van der Waals surface area contributed by atoms with E-state index in [1.807, 2.05) is 23.5 Å². The van der Waals surface area contributed by atoms with Crippen molar-refractivity contribution in [2.24, 2.45) is 11.8 Å². The van der Waals surface area contributed by atoms with E-state index in [1.165, 1.54) is 6.42 Å². The summed E-state index contributed by atoms with van der Waals surface area (Å²) in [4.78, 5) is 0. The van der Waals surface area contributed by atoms with E-state index in [2.05, 4.69) is 12.6 Å². The molecule has 1 atom stereocenters. The van der Waals surface area contributed by atoms with Crippen molar-refractivity contribution in [3.05, 3.63) is 0 Å². The molecule has 0 aromatic rings. The van der Waals surface area contributed by atoms with Gasteiger partial charge in [-0.15, -0.1) is 36.2 Å². The lowest BCUT2D eigenvalue weighted by atomic mass is 9.88. The second kappa shape index (κ2) is 6.38. The molecule has 1 heterocycles. The first kappa shape index (κ1) is 14.3. The van der Waals surface area contributed by atoms with Gasteiger partial charge >= 0.3 is 0 Å². The number of thiol groups is 1. The van der Waals surface area contributed by atoms with Crippen LogP contribution in [0.3, 0.4) is 0 Å². The fraction of sp³-hybridized carbons (Fsp3) is 1.00. The molecule has 0 radical (unpaired) electrons. The van der Waals surface area contributed by atoms with Gasteiger partial charge < -0.3 is 0 Å². The Morgan fingerprint density at radius 1 is 1.12 bits per heavy atom. The molecule has 0 amide bonds. The molecule has 0 bridgehead atoms. The molecule has 0 aromatic heterocycles. The van der Waals surface area contributed by atoms with Crippen molar-refractivity contribution >= 4 is 36.2 Å².